The molecule has 0 aliphatic rings. The average molecular weight is 552 g/mol. The number of hydrogen-bond acceptors (Lipinski definition) is 7. The van der Waals surface area contributed by atoms with Gasteiger partial charge >= 0.3 is 12.1 Å². The van der Waals surface area contributed by atoms with Gasteiger partial charge in [-0.2, -0.15) is 0 Å². The van der Waals surface area contributed by atoms with E-state index in [4.69, 9.17) is 4.74 Å². The molecule has 3 amide bonds. The lowest BCUT2D eigenvalue weighted by Gasteiger charge is -2.25. The predicted molar refractivity (Wildman–Crippen MR) is 156 cm³/mol. The first-order chi connectivity index (χ1) is 18.4. The molecule has 0 bridgehead atoms. The molecule has 0 unspecified atom stereocenters. The van der Waals surface area contributed by atoms with Crippen molar-refractivity contribution >= 4 is 40.6 Å². The molecule has 0 aliphatic carbocycles. The van der Waals surface area contributed by atoms with Gasteiger partial charge in [0.2, 0.25) is 0 Å². The summed E-state index contributed by atoms with van der Waals surface area (Å²) in [6, 6.07) is 11.0. The number of carbonyl (C=O) groups is 3. The molecule has 0 fully saturated rings. The van der Waals surface area contributed by atoms with Gasteiger partial charge in [0.05, 0.1) is 5.69 Å². The molecule has 0 radical (unpaired) electrons. The number of hydrogen-bond donors (Lipinski definition) is 2. The van der Waals surface area contributed by atoms with E-state index in [0.29, 0.717) is 36.6 Å². The Kier molecular flexibility index (Phi) is 10.2. The molecule has 0 spiro atoms. The molecule has 0 saturated carbocycles. The number of anilines is 2. The van der Waals surface area contributed by atoms with E-state index in [1.54, 1.807) is 43.3 Å². The van der Waals surface area contributed by atoms with Crippen molar-refractivity contribution in [2.75, 3.05) is 37.8 Å². The summed E-state index contributed by atoms with van der Waals surface area (Å²) in [7, 11) is 3.92. The number of Topliss-reactive ketones (excluding diaryl/α,β-unsaturated/α-hetero) is 1. The first-order valence-corrected chi connectivity index (χ1v) is 13.6. The number of urea groups is 1. The summed E-state index contributed by atoms with van der Waals surface area (Å²) >= 11 is 1.39. The SMILES string of the molecule is Cc1cccc(NC(=O)N(CCN(C)C)Cc2ccc(C(=O)Cc3cscc3NC(=O)OC(C)(C)C)nc2)c1. The van der Waals surface area contributed by atoms with Crippen LogP contribution in [0.15, 0.2) is 53.4 Å². The third-order valence-electron chi connectivity index (χ3n) is 5.59. The maximum atomic E-state index is 13.1. The lowest BCUT2D eigenvalue weighted by Crippen LogP contribution is -2.39. The van der Waals surface area contributed by atoms with Gasteiger partial charge in [-0.3, -0.25) is 15.1 Å². The number of ether oxygens (including phenoxy) is 1. The van der Waals surface area contributed by atoms with Crippen molar-refractivity contribution < 1.29 is 19.1 Å². The molecule has 2 N–H and O–H groups in total. The maximum Gasteiger partial charge on any atom is 0.412 e. The van der Waals surface area contributed by atoms with E-state index in [9.17, 15) is 14.4 Å². The molecule has 3 aromatic rings. The molecule has 0 atom stereocenters. The van der Waals surface area contributed by atoms with Crippen LogP contribution in [0.25, 0.3) is 0 Å². The van der Waals surface area contributed by atoms with E-state index in [-0.39, 0.29) is 18.2 Å². The van der Waals surface area contributed by atoms with E-state index in [2.05, 4.69) is 15.6 Å². The van der Waals surface area contributed by atoms with Gasteiger partial charge in [-0.05, 0) is 82.1 Å². The van der Waals surface area contributed by atoms with E-state index >= 15 is 0 Å². The molecule has 1 aromatic carbocycles. The molecule has 3 rings (SSSR count). The summed E-state index contributed by atoms with van der Waals surface area (Å²) in [5, 5.41) is 9.28. The van der Waals surface area contributed by atoms with Gasteiger partial charge in [-0.25, -0.2) is 9.59 Å². The highest BCUT2D eigenvalue weighted by Gasteiger charge is 2.20. The second-order valence-corrected chi connectivity index (χ2v) is 11.4. The number of thiophene rings is 1. The Bertz CT molecular complexity index is 1280. The van der Waals surface area contributed by atoms with Gasteiger partial charge in [-0.15, -0.1) is 11.3 Å². The Hall–Kier alpha value is -3.76. The van der Waals surface area contributed by atoms with Crippen molar-refractivity contribution in [2.24, 2.45) is 0 Å². The summed E-state index contributed by atoms with van der Waals surface area (Å²) < 4.78 is 5.31. The smallest absolute Gasteiger partial charge is 0.412 e. The zero-order valence-electron chi connectivity index (χ0n) is 23.4. The molecule has 39 heavy (non-hydrogen) atoms. The lowest BCUT2D eigenvalue weighted by atomic mass is 10.1. The molecular formula is C29H37N5O4S. The summed E-state index contributed by atoms with van der Waals surface area (Å²) in [6.45, 7) is 8.92. The number of aromatic nitrogens is 1. The molecule has 10 heteroatoms. The first kappa shape index (κ1) is 29.8. The molecule has 208 valence electrons. The van der Waals surface area contributed by atoms with Gasteiger partial charge in [0.25, 0.3) is 0 Å². The minimum absolute atomic E-state index is 0.0921. The highest BCUT2D eigenvalue weighted by molar-refractivity contribution is 7.08. The monoisotopic (exact) mass is 551 g/mol. The number of pyridine rings is 1. The topological polar surface area (TPSA) is 104 Å². The van der Waals surface area contributed by atoms with Crippen LogP contribution in [0.5, 0.6) is 0 Å². The average Bonchev–Trinajstić information content (AvgIpc) is 3.26. The predicted octanol–water partition coefficient (Wildman–Crippen LogP) is 5.82. The highest BCUT2D eigenvalue weighted by atomic mass is 32.1. The van der Waals surface area contributed by atoms with Crippen LogP contribution in [0.2, 0.25) is 0 Å². The Labute approximate surface area is 234 Å². The normalized spacial score (nSPS) is 11.3. The molecule has 2 heterocycles. The third-order valence-corrected chi connectivity index (χ3v) is 6.38. The molecule has 2 aromatic heterocycles. The number of benzene rings is 1. The quantitative estimate of drug-likeness (QED) is 0.308. The Morgan fingerprint density at radius 1 is 1.03 bits per heavy atom. The standard InChI is InChI=1S/C29H37N5O4S/c1-20-8-7-9-23(14-20)31-27(36)34(13-12-33(5)6)17-21-10-11-24(30-16-21)26(35)15-22-18-39-19-25(22)32-28(37)38-29(2,3)4/h7-11,14,16,18-19H,12-13,15,17H2,1-6H3,(H,31,36)(H,32,37). The third kappa shape index (κ3) is 9.81. The van der Waals surface area contributed by atoms with E-state index in [1.807, 2.05) is 61.6 Å². The number of ketones is 1. The lowest BCUT2D eigenvalue weighted by molar-refractivity contribution is 0.0635. The first-order valence-electron chi connectivity index (χ1n) is 12.7. The van der Waals surface area contributed by atoms with Crippen LogP contribution in [0.3, 0.4) is 0 Å². The van der Waals surface area contributed by atoms with Gasteiger partial charge in [0, 0.05) is 43.3 Å². The second kappa shape index (κ2) is 13.3. The van der Waals surface area contributed by atoms with Crippen molar-refractivity contribution in [3.8, 4) is 0 Å². The summed E-state index contributed by atoms with van der Waals surface area (Å²) in [4.78, 5) is 46.3. The van der Waals surface area contributed by atoms with Crippen LogP contribution in [-0.2, 0) is 17.7 Å². The highest BCUT2D eigenvalue weighted by Crippen LogP contribution is 2.24. The van der Waals surface area contributed by atoms with Gasteiger partial charge in [-0.1, -0.05) is 18.2 Å². The fraction of sp³-hybridized carbons (Fsp3) is 0.379. The minimum atomic E-state index is -0.620. The van der Waals surface area contributed by atoms with Crippen molar-refractivity contribution in [3.63, 3.8) is 0 Å². The van der Waals surface area contributed by atoms with Crippen molar-refractivity contribution in [2.45, 2.75) is 46.3 Å². The summed E-state index contributed by atoms with van der Waals surface area (Å²) in [6.07, 6.45) is 1.15. The number of carbonyl (C=O) groups excluding carboxylic acids is 3. The van der Waals surface area contributed by atoms with E-state index < -0.39 is 11.7 Å². The number of aryl methyl sites for hydroxylation is 1. The Morgan fingerprint density at radius 2 is 1.79 bits per heavy atom. The Balaban J connectivity index is 1.64. The Morgan fingerprint density at radius 3 is 2.44 bits per heavy atom. The van der Waals surface area contributed by atoms with Gasteiger partial charge < -0.3 is 19.9 Å². The van der Waals surface area contributed by atoms with E-state index in [1.165, 1.54) is 11.3 Å². The molecule has 0 saturated heterocycles. The van der Waals surface area contributed by atoms with Crippen molar-refractivity contribution in [3.05, 3.63) is 75.7 Å². The van der Waals surface area contributed by atoms with Crippen LogP contribution in [0, 0.1) is 6.92 Å². The summed E-state index contributed by atoms with van der Waals surface area (Å²) in [5.74, 6) is -0.172. The van der Waals surface area contributed by atoms with Crippen LogP contribution in [0.1, 0.15) is 48.0 Å². The fourth-order valence-electron chi connectivity index (χ4n) is 3.65. The second-order valence-electron chi connectivity index (χ2n) is 10.6. The van der Waals surface area contributed by atoms with Crippen LogP contribution in [0.4, 0.5) is 21.0 Å². The van der Waals surface area contributed by atoms with Gasteiger partial charge in [0.15, 0.2) is 5.78 Å². The van der Waals surface area contributed by atoms with E-state index in [0.717, 1.165) is 16.8 Å². The number of nitrogens with zero attached hydrogens (tertiary/aromatic N) is 3. The minimum Gasteiger partial charge on any atom is -0.444 e. The van der Waals surface area contributed by atoms with Crippen molar-refractivity contribution in [1.29, 1.82) is 0 Å². The van der Waals surface area contributed by atoms with Crippen LogP contribution in [-0.4, -0.2) is 65.5 Å². The zero-order valence-corrected chi connectivity index (χ0v) is 24.2. The number of amides is 3. The molecule has 9 nitrogen and oxygen atoms in total. The number of likely N-dealkylation sites (N-methyl/N-ethyl adjacent to an activating group) is 1. The number of nitrogens with one attached hydrogen (secondary N) is 2. The largest absolute Gasteiger partial charge is 0.444 e. The maximum absolute atomic E-state index is 13.1. The molecular weight excluding hydrogens is 514 g/mol. The van der Waals surface area contributed by atoms with Crippen LogP contribution < -0.4 is 10.6 Å². The van der Waals surface area contributed by atoms with Gasteiger partial charge in [0.1, 0.15) is 11.3 Å². The van der Waals surface area contributed by atoms with Crippen molar-refractivity contribution in [1.82, 2.24) is 14.8 Å². The summed E-state index contributed by atoms with van der Waals surface area (Å²) in [5.41, 5.74) is 3.56. The fourth-order valence-corrected chi connectivity index (χ4v) is 4.44. The number of rotatable bonds is 10. The zero-order chi connectivity index (χ0) is 28.6. The van der Waals surface area contributed by atoms with Crippen LogP contribution >= 0.6 is 11.3 Å². The molecule has 0 aliphatic heterocycles.